The highest BCUT2D eigenvalue weighted by Crippen LogP contribution is 2.30. The summed E-state index contributed by atoms with van der Waals surface area (Å²) >= 11 is 0. The highest BCUT2D eigenvalue weighted by molar-refractivity contribution is 7.88. The molecular formula is C18H24FN3O3S. The molecule has 2 heterocycles. The molecule has 0 saturated carbocycles. The van der Waals surface area contributed by atoms with Crippen LogP contribution in [0.25, 0.3) is 0 Å². The van der Waals surface area contributed by atoms with Gasteiger partial charge < -0.3 is 9.30 Å². The third-order valence-corrected chi connectivity index (χ3v) is 6.60. The molecule has 0 N–H and O–H groups in total. The van der Waals surface area contributed by atoms with Gasteiger partial charge in [0.25, 0.3) is 0 Å². The average Bonchev–Trinajstić information content (AvgIpc) is 3.22. The molecule has 1 aliphatic heterocycles. The van der Waals surface area contributed by atoms with Crippen LogP contribution in [0.15, 0.2) is 30.5 Å². The van der Waals surface area contributed by atoms with Gasteiger partial charge in [0.2, 0.25) is 10.0 Å². The van der Waals surface area contributed by atoms with Crippen molar-refractivity contribution >= 4 is 10.0 Å². The van der Waals surface area contributed by atoms with Crippen molar-refractivity contribution in [2.45, 2.75) is 31.6 Å². The van der Waals surface area contributed by atoms with Crippen molar-refractivity contribution in [1.29, 1.82) is 0 Å². The molecule has 1 saturated heterocycles. The van der Waals surface area contributed by atoms with E-state index in [0.717, 1.165) is 11.5 Å². The molecule has 0 aliphatic carbocycles. The summed E-state index contributed by atoms with van der Waals surface area (Å²) in [5, 5.41) is 0. The number of imidazole rings is 1. The second kappa shape index (κ2) is 7.85. The molecule has 1 aromatic carbocycles. The van der Waals surface area contributed by atoms with Crippen LogP contribution in [0.1, 0.15) is 29.4 Å². The Morgan fingerprint density at radius 3 is 2.85 bits per heavy atom. The molecule has 0 spiro atoms. The lowest BCUT2D eigenvalue weighted by Gasteiger charge is -2.18. The molecule has 1 fully saturated rings. The minimum atomic E-state index is -3.57. The number of sulfonamides is 1. The molecule has 3 rings (SSSR count). The lowest BCUT2D eigenvalue weighted by atomic mass is 10.1. The monoisotopic (exact) mass is 381 g/mol. The number of halogens is 1. The molecule has 1 aliphatic rings. The summed E-state index contributed by atoms with van der Waals surface area (Å²) in [6, 6.07) is 6.00. The van der Waals surface area contributed by atoms with Gasteiger partial charge in [0.15, 0.2) is 0 Å². The summed E-state index contributed by atoms with van der Waals surface area (Å²) in [4.78, 5) is 4.49. The van der Waals surface area contributed by atoms with Gasteiger partial charge in [-0.3, -0.25) is 0 Å². The first kappa shape index (κ1) is 19.0. The predicted octanol–water partition coefficient (Wildman–Crippen LogP) is 2.30. The molecule has 142 valence electrons. The first-order valence-electron chi connectivity index (χ1n) is 8.64. The first-order valence-corrected chi connectivity index (χ1v) is 10.3. The zero-order chi connectivity index (χ0) is 18.7. The van der Waals surface area contributed by atoms with E-state index in [2.05, 4.69) is 9.55 Å². The smallest absolute Gasteiger partial charge is 0.218 e. The highest BCUT2D eigenvalue weighted by atomic mass is 32.2. The van der Waals surface area contributed by atoms with Crippen LogP contribution in [0.3, 0.4) is 0 Å². The number of rotatable bonds is 7. The second-order valence-electron chi connectivity index (χ2n) is 6.59. The van der Waals surface area contributed by atoms with Crippen molar-refractivity contribution in [1.82, 2.24) is 13.9 Å². The van der Waals surface area contributed by atoms with E-state index in [9.17, 15) is 12.8 Å². The molecule has 6 nitrogen and oxygen atoms in total. The lowest BCUT2D eigenvalue weighted by Crippen LogP contribution is -2.30. The lowest BCUT2D eigenvalue weighted by molar-refractivity contribution is 0.185. The van der Waals surface area contributed by atoms with Crippen LogP contribution in [-0.2, 0) is 27.1 Å². The molecule has 0 bridgehead atoms. The molecule has 0 radical (unpaired) electrons. The van der Waals surface area contributed by atoms with E-state index in [0.29, 0.717) is 32.7 Å². The topological polar surface area (TPSA) is 64.4 Å². The van der Waals surface area contributed by atoms with Crippen LogP contribution in [0.5, 0.6) is 0 Å². The fraction of sp³-hybridized carbons (Fsp3) is 0.500. The Kier molecular flexibility index (Phi) is 5.74. The van der Waals surface area contributed by atoms with Crippen LogP contribution in [-0.4, -0.2) is 49.1 Å². The maximum atomic E-state index is 13.8. The minimum Gasteiger partial charge on any atom is -0.383 e. The Labute approximate surface area is 153 Å². The largest absolute Gasteiger partial charge is 0.383 e. The summed E-state index contributed by atoms with van der Waals surface area (Å²) in [6.45, 7) is 4.05. The summed E-state index contributed by atoms with van der Waals surface area (Å²) in [5.74, 6) is 0.125. The van der Waals surface area contributed by atoms with Crippen molar-refractivity contribution in [3.05, 3.63) is 53.4 Å². The number of methoxy groups -OCH3 is 1. The van der Waals surface area contributed by atoms with E-state index in [1.54, 1.807) is 19.2 Å². The van der Waals surface area contributed by atoms with Gasteiger partial charge in [0.1, 0.15) is 11.6 Å². The first-order chi connectivity index (χ1) is 12.4. The van der Waals surface area contributed by atoms with Crippen molar-refractivity contribution in [3.63, 3.8) is 0 Å². The Bertz CT molecular complexity index is 866. The number of aromatic nitrogens is 2. The Balaban J connectivity index is 1.73. The molecular weight excluding hydrogens is 357 g/mol. The molecule has 1 atom stereocenters. The van der Waals surface area contributed by atoms with Gasteiger partial charge in [-0.1, -0.05) is 18.2 Å². The SMILES string of the molecule is COCCn1c(C)cnc1C1CCN(S(=O)(=O)Cc2ccccc2F)C1. The predicted molar refractivity (Wildman–Crippen MR) is 96.8 cm³/mol. The van der Waals surface area contributed by atoms with E-state index >= 15 is 0 Å². The van der Waals surface area contributed by atoms with E-state index in [4.69, 9.17) is 4.74 Å². The van der Waals surface area contributed by atoms with Crippen molar-refractivity contribution in [2.24, 2.45) is 0 Å². The second-order valence-corrected chi connectivity index (χ2v) is 8.56. The molecule has 8 heteroatoms. The van der Waals surface area contributed by atoms with E-state index in [-0.39, 0.29) is 17.2 Å². The third-order valence-electron chi connectivity index (χ3n) is 4.81. The van der Waals surface area contributed by atoms with Crippen LogP contribution >= 0.6 is 0 Å². The molecule has 0 amide bonds. The Morgan fingerprint density at radius 2 is 2.12 bits per heavy atom. The van der Waals surface area contributed by atoms with Crippen LogP contribution in [0, 0.1) is 12.7 Å². The zero-order valence-electron chi connectivity index (χ0n) is 15.1. The van der Waals surface area contributed by atoms with Gasteiger partial charge in [-0.05, 0) is 19.4 Å². The van der Waals surface area contributed by atoms with Gasteiger partial charge in [-0.25, -0.2) is 22.1 Å². The highest BCUT2D eigenvalue weighted by Gasteiger charge is 2.34. The van der Waals surface area contributed by atoms with Gasteiger partial charge in [-0.2, -0.15) is 0 Å². The summed E-state index contributed by atoms with van der Waals surface area (Å²) < 4.78 is 47.9. The van der Waals surface area contributed by atoms with Gasteiger partial charge >= 0.3 is 0 Å². The maximum absolute atomic E-state index is 13.8. The van der Waals surface area contributed by atoms with Crippen molar-refractivity contribution in [3.8, 4) is 0 Å². The normalized spacial score (nSPS) is 18.5. The standard InChI is InChI=1S/C18H24FN3O3S/c1-14-11-20-18(22(14)9-10-25-2)15-7-8-21(12-15)26(23,24)13-16-5-3-4-6-17(16)19/h3-6,11,15H,7-10,12-13H2,1-2H3. The summed E-state index contributed by atoms with van der Waals surface area (Å²) in [7, 11) is -1.92. The number of ether oxygens (including phenoxy) is 1. The molecule has 2 aromatic rings. The number of hydrogen-bond donors (Lipinski definition) is 0. The third kappa shape index (κ3) is 3.97. The minimum absolute atomic E-state index is 0.0379. The molecule has 1 unspecified atom stereocenters. The van der Waals surface area contributed by atoms with Crippen molar-refractivity contribution in [2.75, 3.05) is 26.8 Å². The number of aryl methyl sites for hydroxylation is 1. The molecule has 1 aromatic heterocycles. The van der Waals surface area contributed by atoms with Crippen LogP contribution < -0.4 is 0 Å². The van der Waals surface area contributed by atoms with E-state index in [1.807, 2.05) is 13.1 Å². The van der Waals surface area contributed by atoms with Gasteiger partial charge in [0.05, 0.1) is 12.4 Å². The van der Waals surface area contributed by atoms with E-state index < -0.39 is 15.8 Å². The summed E-state index contributed by atoms with van der Waals surface area (Å²) in [5.41, 5.74) is 1.23. The van der Waals surface area contributed by atoms with Gasteiger partial charge in [0, 0.05) is 50.1 Å². The summed E-state index contributed by atoms with van der Waals surface area (Å²) in [6.07, 6.45) is 2.52. The van der Waals surface area contributed by atoms with Gasteiger partial charge in [-0.15, -0.1) is 0 Å². The average molecular weight is 381 g/mol. The molecule has 26 heavy (non-hydrogen) atoms. The fourth-order valence-corrected chi connectivity index (χ4v) is 4.97. The van der Waals surface area contributed by atoms with Crippen LogP contribution in [0.4, 0.5) is 4.39 Å². The number of hydrogen-bond acceptors (Lipinski definition) is 4. The van der Waals surface area contributed by atoms with Crippen LogP contribution in [0.2, 0.25) is 0 Å². The Hall–Kier alpha value is -1.77. The van der Waals surface area contributed by atoms with Crippen molar-refractivity contribution < 1.29 is 17.5 Å². The quantitative estimate of drug-likeness (QED) is 0.738. The fourth-order valence-electron chi connectivity index (χ4n) is 3.37. The zero-order valence-corrected chi connectivity index (χ0v) is 15.9. The number of nitrogens with zero attached hydrogens (tertiary/aromatic N) is 3. The van der Waals surface area contributed by atoms with E-state index in [1.165, 1.54) is 16.4 Å². The number of benzene rings is 1. The Morgan fingerprint density at radius 1 is 1.35 bits per heavy atom. The maximum Gasteiger partial charge on any atom is 0.218 e.